The molecule has 1 unspecified atom stereocenters. The molecule has 0 fully saturated rings. The van der Waals surface area contributed by atoms with Gasteiger partial charge in [0.05, 0.1) is 0 Å². The molecule has 94 valence electrons. The Kier molecular flexibility index (Phi) is 4.50. The van der Waals surface area contributed by atoms with Gasteiger partial charge < -0.3 is 5.32 Å². The average Bonchev–Trinajstić information content (AvgIpc) is 2.40. The molecule has 0 aliphatic carbocycles. The zero-order chi connectivity index (χ0) is 13.0. The van der Waals surface area contributed by atoms with Crippen LogP contribution >= 0.6 is 15.9 Å². The monoisotopic (exact) mass is 304 g/mol. The summed E-state index contributed by atoms with van der Waals surface area (Å²) in [5.41, 5.74) is 3.72. The minimum Gasteiger partial charge on any atom is -0.313 e. The van der Waals surface area contributed by atoms with Crippen molar-refractivity contribution in [3.05, 3.63) is 63.9 Å². The van der Waals surface area contributed by atoms with E-state index in [4.69, 9.17) is 0 Å². The zero-order valence-electron chi connectivity index (χ0n) is 10.7. The quantitative estimate of drug-likeness (QED) is 0.932. The van der Waals surface area contributed by atoms with Crippen LogP contribution in [0.1, 0.15) is 22.9 Å². The molecule has 2 nitrogen and oxygen atoms in total. The van der Waals surface area contributed by atoms with Gasteiger partial charge in [0.15, 0.2) is 0 Å². The molecule has 1 heterocycles. The van der Waals surface area contributed by atoms with Gasteiger partial charge in [-0.05, 0) is 49.4 Å². The largest absolute Gasteiger partial charge is 0.313 e. The van der Waals surface area contributed by atoms with Crippen molar-refractivity contribution < 1.29 is 0 Å². The van der Waals surface area contributed by atoms with E-state index in [-0.39, 0.29) is 6.04 Å². The first-order valence-electron chi connectivity index (χ1n) is 6.04. The number of aromatic nitrogens is 1. The molecule has 1 atom stereocenters. The fourth-order valence-corrected chi connectivity index (χ4v) is 2.46. The molecule has 18 heavy (non-hydrogen) atoms. The van der Waals surface area contributed by atoms with E-state index in [1.165, 1.54) is 11.1 Å². The summed E-state index contributed by atoms with van der Waals surface area (Å²) in [5.74, 6) is 0. The highest BCUT2D eigenvalue weighted by atomic mass is 79.9. The van der Waals surface area contributed by atoms with E-state index in [0.717, 1.165) is 16.6 Å². The summed E-state index contributed by atoms with van der Waals surface area (Å²) in [7, 11) is 1.99. The van der Waals surface area contributed by atoms with Gasteiger partial charge >= 0.3 is 0 Å². The summed E-state index contributed by atoms with van der Waals surface area (Å²) in [6, 6.07) is 12.7. The molecule has 0 spiro atoms. The molecular weight excluding hydrogens is 288 g/mol. The molecule has 0 aliphatic rings. The van der Waals surface area contributed by atoms with Gasteiger partial charge in [0.25, 0.3) is 0 Å². The normalized spacial score (nSPS) is 12.4. The van der Waals surface area contributed by atoms with Gasteiger partial charge in [0, 0.05) is 28.8 Å². The van der Waals surface area contributed by atoms with Gasteiger partial charge in [0.1, 0.15) is 0 Å². The third kappa shape index (κ3) is 3.18. The van der Waals surface area contributed by atoms with Crippen LogP contribution in [0.2, 0.25) is 0 Å². The van der Waals surface area contributed by atoms with E-state index >= 15 is 0 Å². The van der Waals surface area contributed by atoms with Gasteiger partial charge in [-0.25, -0.2) is 0 Å². The second-order valence-corrected chi connectivity index (χ2v) is 5.28. The maximum absolute atomic E-state index is 4.39. The van der Waals surface area contributed by atoms with E-state index in [1.807, 2.05) is 25.4 Å². The summed E-state index contributed by atoms with van der Waals surface area (Å²) < 4.78 is 1.12. The number of hydrogen-bond acceptors (Lipinski definition) is 2. The third-order valence-electron chi connectivity index (χ3n) is 3.10. The maximum Gasteiger partial charge on any atom is 0.0422 e. The van der Waals surface area contributed by atoms with Gasteiger partial charge in [-0.2, -0.15) is 0 Å². The highest BCUT2D eigenvalue weighted by Crippen LogP contribution is 2.24. The molecule has 3 heteroatoms. The molecule has 0 amide bonds. The molecule has 0 radical (unpaired) electrons. The lowest BCUT2D eigenvalue weighted by molar-refractivity contribution is 0.581. The Labute approximate surface area is 117 Å². The Morgan fingerprint density at radius 1 is 1.28 bits per heavy atom. The van der Waals surface area contributed by atoms with Crippen LogP contribution < -0.4 is 5.32 Å². The lowest BCUT2D eigenvalue weighted by atomic mass is 9.97. The first-order chi connectivity index (χ1) is 8.70. The summed E-state index contributed by atoms with van der Waals surface area (Å²) in [6.07, 6.45) is 2.74. The fraction of sp³-hybridized carbons (Fsp3) is 0.267. The summed E-state index contributed by atoms with van der Waals surface area (Å²) in [6.45, 7) is 2.14. The van der Waals surface area contributed by atoms with Crippen LogP contribution in [0.15, 0.2) is 47.1 Å². The minimum atomic E-state index is 0.289. The Morgan fingerprint density at radius 2 is 2.11 bits per heavy atom. The Balaban J connectivity index is 2.26. The number of pyridine rings is 1. The van der Waals surface area contributed by atoms with Gasteiger partial charge in [0.2, 0.25) is 0 Å². The van der Waals surface area contributed by atoms with Crippen LogP contribution in [-0.2, 0) is 6.42 Å². The molecule has 0 saturated carbocycles. The number of nitrogens with one attached hydrogen (secondary N) is 1. The van der Waals surface area contributed by atoms with Crippen molar-refractivity contribution in [2.24, 2.45) is 0 Å². The number of likely N-dealkylation sites (N-methyl/N-ethyl adjacent to an activating group) is 1. The van der Waals surface area contributed by atoms with E-state index in [0.29, 0.717) is 0 Å². The number of rotatable bonds is 4. The highest BCUT2D eigenvalue weighted by molar-refractivity contribution is 9.10. The van der Waals surface area contributed by atoms with Gasteiger partial charge in [-0.1, -0.05) is 28.1 Å². The molecule has 0 bridgehead atoms. The van der Waals surface area contributed by atoms with E-state index in [2.05, 4.69) is 57.4 Å². The number of hydrogen-bond donors (Lipinski definition) is 1. The Hall–Kier alpha value is -1.19. The van der Waals surface area contributed by atoms with Crippen LogP contribution in [0, 0.1) is 6.92 Å². The SMILES string of the molecule is CNC(Cc1ccccn1)c1cc(Br)ccc1C. The van der Waals surface area contributed by atoms with Crippen molar-refractivity contribution in [3.8, 4) is 0 Å². The van der Waals surface area contributed by atoms with Gasteiger partial charge in [-0.15, -0.1) is 0 Å². The van der Waals surface area contributed by atoms with Crippen LogP contribution in [-0.4, -0.2) is 12.0 Å². The third-order valence-corrected chi connectivity index (χ3v) is 3.60. The van der Waals surface area contributed by atoms with Crippen molar-refractivity contribution >= 4 is 15.9 Å². The van der Waals surface area contributed by atoms with Crippen LogP contribution in [0.4, 0.5) is 0 Å². The van der Waals surface area contributed by atoms with Crippen LogP contribution in [0.25, 0.3) is 0 Å². The molecule has 1 N–H and O–H groups in total. The van der Waals surface area contributed by atoms with E-state index in [9.17, 15) is 0 Å². The Morgan fingerprint density at radius 3 is 2.78 bits per heavy atom. The van der Waals surface area contributed by atoms with Crippen LogP contribution in [0.3, 0.4) is 0 Å². The van der Waals surface area contributed by atoms with Crippen molar-refractivity contribution in [3.63, 3.8) is 0 Å². The average molecular weight is 305 g/mol. The van der Waals surface area contributed by atoms with Crippen molar-refractivity contribution in [2.45, 2.75) is 19.4 Å². The molecule has 0 saturated heterocycles. The lowest BCUT2D eigenvalue weighted by Crippen LogP contribution is -2.20. The molecule has 1 aromatic carbocycles. The second kappa shape index (κ2) is 6.12. The highest BCUT2D eigenvalue weighted by Gasteiger charge is 2.13. The molecule has 1 aromatic heterocycles. The van der Waals surface area contributed by atoms with E-state index in [1.54, 1.807) is 0 Å². The molecular formula is C15H17BrN2. The summed E-state index contributed by atoms with van der Waals surface area (Å²) >= 11 is 3.54. The fourth-order valence-electron chi connectivity index (χ4n) is 2.08. The number of benzene rings is 1. The van der Waals surface area contributed by atoms with Gasteiger partial charge in [-0.3, -0.25) is 4.98 Å². The first-order valence-corrected chi connectivity index (χ1v) is 6.83. The van der Waals surface area contributed by atoms with Crippen molar-refractivity contribution in [2.75, 3.05) is 7.05 Å². The molecule has 2 rings (SSSR count). The van der Waals surface area contributed by atoms with Crippen molar-refractivity contribution in [1.29, 1.82) is 0 Å². The predicted molar refractivity (Wildman–Crippen MR) is 78.6 cm³/mol. The number of halogens is 1. The summed E-state index contributed by atoms with van der Waals surface area (Å²) in [5, 5.41) is 3.37. The minimum absolute atomic E-state index is 0.289. The standard InChI is InChI=1S/C15H17BrN2/c1-11-6-7-12(16)9-14(11)15(17-2)10-13-5-3-4-8-18-13/h3-9,15,17H,10H2,1-2H3. The predicted octanol–water partition coefficient (Wildman–Crippen LogP) is 3.66. The van der Waals surface area contributed by atoms with Crippen molar-refractivity contribution in [1.82, 2.24) is 10.3 Å². The lowest BCUT2D eigenvalue weighted by Gasteiger charge is -2.19. The first kappa shape index (κ1) is 13.2. The Bertz CT molecular complexity index is 511. The van der Waals surface area contributed by atoms with Crippen LogP contribution in [0.5, 0.6) is 0 Å². The summed E-state index contributed by atoms with van der Waals surface area (Å²) in [4.78, 5) is 4.39. The zero-order valence-corrected chi connectivity index (χ0v) is 12.2. The smallest absolute Gasteiger partial charge is 0.0422 e. The molecule has 2 aromatic rings. The van der Waals surface area contributed by atoms with E-state index < -0.39 is 0 Å². The number of aryl methyl sites for hydroxylation is 1. The second-order valence-electron chi connectivity index (χ2n) is 4.37. The maximum atomic E-state index is 4.39. The topological polar surface area (TPSA) is 24.9 Å². The number of nitrogens with zero attached hydrogens (tertiary/aromatic N) is 1. The molecule has 0 aliphatic heterocycles.